The lowest BCUT2D eigenvalue weighted by atomic mass is 9.93. The molecule has 2 fully saturated rings. The molecule has 1 aromatic heterocycles. The first-order valence-electron chi connectivity index (χ1n) is 7.22. The third-order valence-electron chi connectivity index (χ3n) is 4.89. The minimum Gasteiger partial charge on any atom is -0.383 e. The first kappa shape index (κ1) is 12.5. The molecule has 0 bridgehead atoms. The highest BCUT2D eigenvalue weighted by Gasteiger charge is 2.47. The van der Waals surface area contributed by atoms with Crippen molar-refractivity contribution in [2.45, 2.75) is 25.2 Å². The Kier molecular flexibility index (Phi) is 2.71. The summed E-state index contributed by atoms with van der Waals surface area (Å²) in [5, 5.41) is 4.74. The average molecular weight is 332 g/mol. The van der Waals surface area contributed by atoms with Crippen LogP contribution >= 0.6 is 15.9 Å². The summed E-state index contributed by atoms with van der Waals surface area (Å²) in [6, 6.07) is 8.28. The van der Waals surface area contributed by atoms with Gasteiger partial charge in [-0.15, -0.1) is 0 Å². The molecule has 0 aliphatic heterocycles. The molecule has 2 aliphatic rings. The average Bonchev–Trinajstić information content (AvgIpc) is 2.93. The van der Waals surface area contributed by atoms with Gasteiger partial charge < -0.3 is 5.73 Å². The quantitative estimate of drug-likeness (QED) is 0.905. The zero-order chi connectivity index (χ0) is 13.9. The van der Waals surface area contributed by atoms with Crippen molar-refractivity contribution >= 4 is 21.7 Å². The van der Waals surface area contributed by atoms with Crippen LogP contribution in [0.5, 0.6) is 0 Å². The molecular weight excluding hydrogens is 314 g/mol. The van der Waals surface area contributed by atoms with Crippen LogP contribution in [0.15, 0.2) is 28.7 Å². The van der Waals surface area contributed by atoms with E-state index >= 15 is 0 Å². The largest absolute Gasteiger partial charge is 0.383 e. The maximum absolute atomic E-state index is 6.30. The van der Waals surface area contributed by atoms with E-state index in [2.05, 4.69) is 34.1 Å². The Labute approximate surface area is 127 Å². The molecule has 2 N–H and O–H groups in total. The molecule has 1 aromatic carbocycles. The van der Waals surface area contributed by atoms with E-state index in [1.165, 1.54) is 25.0 Å². The number of hydrogen-bond donors (Lipinski definition) is 1. The number of aromatic nitrogens is 2. The molecule has 20 heavy (non-hydrogen) atoms. The van der Waals surface area contributed by atoms with E-state index in [-0.39, 0.29) is 0 Å². The first-order valence-corrected chi connectivity index (χ1v) is 8.01. The Bertz CT molecular complexity index is 666. The Morgan fingerprint density at radius 2 is 1.90 bits per heavy atom. The molecule has 1 heterocycles. The molecule has 2 aliphatic carbocycles. The molecule has 4 heteroatoms. The molecular formula is C16H18BrN3. The third-order valence-corrected chi connectivity index (χ3v) is 5.58. The summed E-state index contributed by atoms with van der Waals surface area (Å²) < 4.78 is 2.91. The van der Waals surface area contributed by atoms with Gasteiger partial charge in [0.1, 0.15) is 5.82 Å². The maximum Gasteiger partial charge on any atom is 0.129 e. The lowest BCUT2D eigenvalue weighted by Gasteiger charge is -2.12. The van der Waals surface area contributed by atoms with Crippen LogP contribution in [0.2, 0.25) is 0 Å². The highest BCUT2D eigenvalue weighted by atomic mass is 79.9. The summed E-state index contributed by atoms with van der Waals surface area (Å²) in [5.74, 6) is 3.27. The molecule has 3 nitrogen and oxygen atoms in total. The number of anilines is 1. The second-order valence-electron chi connectivity index (χ2n) is 6.17. The zero-order valence-corrected chi connectivity index (χ0v) is 13.1. The summed E-state index contributed by atoms with van der Waals surface area (Å²) in [6.45, 7) is 0. The van der Waals surface area contributed by atoms with E-state index in [1.807, 2.05) is 17.8 Å². The van der Waals surface area contributed by atoms with Gasteiger partial charge in [0.05, 0.1) is 5.69 Å². The zero-order valence-electron chi connectivity index (χ0n) is 11.5. The molecule has 0 saturated heterocycles. The predicted molar refractivity (Wildman–Crippen MR) is 84.3 cm³/mol. The summed E-state index contributed by atoms with van der Waals surface area (Å²) >= 11 is 3.65. The fourth-order valence-corrected chi connectivity index (χ4v) is 4.21. The summed E-state index contributed by atoms with van der Waals surface area (Å²) in [4.78, 5) is 0. The van der Waals surface area contributed by atoms with Crippen LogP contribution in [0.3, 0.4) is 0 Å². The fraction of sp³-hybridized carbons (Fsp3) is 0.438. The number of nitrogen functional groups attached to an aromatic ring is 1. The van der Waals surface area contributed by atoms with E-state index in [9.17, 15) is 0 Å². The first-order chi connectivity index (χ1) is 9.65. The van der Waals surface area contributed by atoms with E-state index in [0.29, 0.717) is 5.92 Å². The van der Waals surface area contributed by atoms with Crippen LogP contribution in [-0.2, 0) is 7.05 Å². The Morgan fingerprint density at radius 3 is 2.60 bits per heavy atom. The van der Waals surface area contributed by atoms with Gasteiger partial charge in [-0.2, -0.15) is 5.10 Å². The van der Waals surface area contributed by atoms with Gasteiger partial charge in [0.25, 0.3) is 0 Å². The second-order valence-corrected chi connectivity index (χ2v) is 7.03. The van der Waals surface area contributed by atoms with Crippen LogP contribution in [0, 0.1) is 11.8 Å². The van der Waals surface area contributed by atoms with Crippen molar-refractivity contribution in [1.82, 2.24) is 9.78 Å². The number of halogens is 1. The van der Waals surface area contributed by atoms with E-state index in [4.69, 9.17) is 10.8 Å². The highest BCUT2D eigenvalue weighted by Crippen LogP contribution is 2.58. The van der Waals surface area contributed by atoms with Crippen molar-refractivity contribution in [3.05, 3.63) is 34.4 Å². The molecule has 4 rings (SSSR count). The van der Waals surface area contributed by atoms with Crippen molar-refractivity contribution < 1.29 is 0 Å². The van der Waals surface area contributed by atoms with Gasteiger partial charge in [-0.1, -0.05) is 34.1 Å². The van der Waals surface area contributed by atoms with Gasteiger partial charge in [-0.3, -0.25) is 4.68 Å². The molecule has 0 amide bonds. The van der Waals surface area contributed by atoms with Gasteiger partial charge >= 0.3 is 0 Å². The third kappa shape index (κ3) is 1.81. The molecule has 2 atom stereocenters. The van der Waals surface area contributed by atoms with Gasteiger partial charge in [-0.05, 0) is 37.2 Å². The standard InChI is InChI=1S/C16H18BrN3/c1-20-16(18)14(12-4-2-3-5-13(12)17)15(19-20)11-7-9-6-10(9)8-11/h2-5,9-11H,6-8,18H2,1H3. The number of nitrogens with two attached hydrogens (primary N) is 1. The van der Waals surface area contributed by atoms with Crippen molar-refractivity contribution in [3.8, 4) is 11.1 Å². The van der Waals surface area contributed by atoms with Crippen LogP contribution in [-0.4, -0.2) is 9.78 Å². The Hall–Kier alpha value is -1.29. The molecule has 2 saturated carbocycles. The van der Waals surface area contributed by atoms with E-state index in [1.54, 1.807) is 0 Å². The highest BCUT2D eigenvalue weighted by molar-refractivity contribution is 9.10. The molecule has 0 radical (unpaired) electrons. The molecule has 0 spiro atoms. The lowest BCUT2D eigenvalue weighted by molar-refractivity contribution is 0.594. The summed E-state index contributed by atoms with van der Waals surface area (Å²) in [7, 11) is 1.94. The number of nitrogens with zero attached hydrogens (tertiary/aromatic N) is 2. The number of benzene rings is 1. The van der Waals surface area contributed by atoms with Crippen molar-refractivity contribution in [3.63, 3.8) is 0 Å². The topological polar surface area (TPSA) is 43.8 Å². The van der Waals surface area contributed by atoms with Gasteiger partial charge in [0.2, 0.25) is 0 Å². The Morgan fingerprint density at radius 1 is 1.20 bits per heavy atom. The number of rotatable bonds is 2. The van der Waals surface area contributed by atoms with Crippen molar-refractivity contribution in [2.75, 3.05) is 5.73 Å². The monoisotopic (exact) mass is 331 g/mol. The minimum absolute atomic E-state index is 0.587. The van der Waals surface area contributed by atoms with Gasteiger partial charge in [-0.25, -0.2) is 0 Å². The number of aryl methyl sites for hydroxylation is 1. The summed E-state index contributed by atoms with van der Waals surface area (Å²) in [6.07, 6.45) is 4.01. The van der Waals surface area contributed by atoms with Crippen molar-refractivity contribution in [1.29, 1.82) is 0 Å². The van der Waals surface area contributed by atoms with Crippen LogP contribution in [0.25, 0.3) is 11.1 Å². The van der Waals surface area contributed by atoms with E-state index < -0.39 is 0 Å². The van der Waals surface area contributed by atoms with Crippen molar-refractivity contribution in [2.24, 2.45) is 18.9 Å². The smallest absolute Gasteiger partial charge is 0.129 e. The normalized spacial score (nSPS) is 27.6. The molecule has 2 aromatic rings. The predicted octanol–water partition coefficient (Wildman–Crippen LogP) is 3.95. The number of hydrogen-bond acceptors (Lipinski definition) is 2. The van der Waals surface area contributed by atoms with Gasteiger partial charge in [0.15, 0.2) is 0 Å². The molecule has 104 valence electrons. The maximum atomic E-state index is 6.30. The fourth-order valence-electron chi connectivity index (χ4n) is 3.72. The van der Waals surface area contributed by atoms with E-state index in [0.717, 1.165) is 33.3 Å². The van der Waals surface area contributed by atoms with Crippen LogP contribution in [0.1, 0.15) is 30.9 Å². The van der Waals surface area contributed by atoms with Crippen LogP contribution in [0.4, 0.5) is 5.82 Å². The second kappa shape index (κ2) is 4.35. The SMILES string of the molecule is Cn1nc(C2CC3CC3C2)c(-c2ccccc2Br)c1N. The van der Waals surface area contributed by atoms with Gasteiger partial charge in [0, 0.05) is 28.6 Å². The Balaban J connectivity index is 1.84. The minimum atomic E-state index is 0.587. The molecule has 2 unspecified atom stereocenters. The summed E-state index contributed by atoms with van der Waals surface area (Å²) in [5.41, 5.74) is 9.79. The number of fused-ring (bicyclic) bond motifs is 1. The lowest BCUT2D eigenvalue weighted by Crippen LogP contribution is -2.00. The van der Waals surface area contributed by atoms with Crippen LogP contribution < -0.4 is 5.73 Å².